The molecule has 0 saturated heterocycles. The Bertz CT molecular complexity index is 98.3. The van der Waals surface area contributed by atoms with E-state index in [1.807, 2.05) is 0 Å². The van der Waals surface area contributed by atoms with Gasteiger partial charge in [0.1, 0.15) is 5.92 Å². The highest BCUT2D eigenvalue weighted by Gasteiger charge is 2.44. The third kappa shape index (κ3) is 2.47. The molecular weight excluding hydrogens is 157 g/mol. The molecule has 0 aromatic rings. The maximum atomic E-state index is 11.4. The molecule has 0 aliphatic heterocycles. The molecule has 1 unspecified atom stereocenters. The van der Waals surface area contributed by atoms with Crippen molar-refractivity contribution in [1.29, 1.82) is 0 Å². The average molecular weight is 163 g/mol. The summed E-state index contributed by atoms with van der Waals surface area (Å²) in [4.78, 5) is 0. The fraction of sp³-hybridized carbons (Fsp3) is 1.00. The number of alkyl halides is 5. The highest BCUT2D eigenvalue weighted by atomic mass is 19.4. The third-order valence-corrected chi connectivity index (χ3v) is 0.979. The molecule has 0 rings (SSSR count). The van der Waals surface area contributed by atoms with E-state index in [4.69, 9.17) is 0 Å². The summed E-state index contributed by atoms with van der Waals surface area (Å²) in [5.41, 5.74) is 4.46. The number of hydrogen-bond acceptors (Lipinski definition) is 1. The Hall–Kier alpha value is -0.390. The van der Waals surface area contributed by atoms with Crippen LogP contribution in [0.25, 0.3) is 0 Å². The Morgan fingerprint density at radius 1 is 1.20 bits per heavy atom. The first-order valence-corrected chi connectivity index (χ1v) is 2.44. The molecule has 1 nitrogen and oxygen atoms in total. The van der Waals surface area contributed by atoms with Crippen LogP contribution in [-0.2, 0) is 0 Å². The molecule has 0 aliphatic rings. The highest BCUT2D eigenvalue weighted by Crippen LogP contribution is 2.29. The van der Waals surface area contributed by atoms with E-state index < -0.39 is 25.1 Å². The van der Waals surface area contributed by atoms with Gasteiger partial charge in [0.25, 0.3) is 6.43 Å². The molecule has 0 spiro atoms. The monoisotopic (exact) mass is 163 g/mol. The minimum atomic E-state index is -4.89. The highest BCUT2D eigenvalue weighted by molar-refractivity contribution is 4.70. The second kappa shape index (κ2) is 3.14. The first-order chi connectivity index (χ1) is 4.39. The molecule has 0 radical (unpaired) electrons. The predicted molar refractivity (Wildman–Crippen MR) is 24.6 cm³/mol. The fourth-order valence-electron chi connectivity index (χ4n) is 0.379. The van der Waals surface area contributed by atoms with Crippen LogP contribution in [0, 0.1) is 5.92 Å². The van der Waals surface area contributed by atoms with Gasteiger partial charge in [-0.25, -0.2) is 8.78 Å². The maximum Gasteiger partial charge on any atom is 0.398 e. The van der Waals surface area contributed by atoms with E-state index in [1.165, 1.54) is 0 Å². The number of rotatable bonds is 2. The lowest BCUT2D eigenvalue weighted by Crippen LogP contribution is -2.35. The van der Waals surface area contributed by atoms with Gasteiger partial charge in [0.05, 0.1) is 0 Å². The largest absolute Gasteiger partial charge is 0.398 e. The summed E-state index contributed by atoms with van der Waals surface area (Å²) >= 11 is 0. The van der Waals surface area contributed by atoms with Gasteiger partial charge in [-0.1, -0.05) is 0 Å². The van der Waals surface area contributed by atoms with Gasteiger partial charge in [0.2, 0.25) is 0 Å². The van der Waals surface area contributed by atoms with Crippen molar-refractivity contribution in [2.75, 3.05) is 6.54 Å². The van der Waals surface area contributed by atoms with Crippen molar-refractivity contribution in [3.05, 3.63) is 0 Å². The Morgan fingerprint density at radius 2 is 1.60 bits per heavy atom. The van der Waals surface area contributed by atoms with Crippen LogP contribution < -0.4 is 5.73 Å². The Labute approximate surface area is 54.0 Å². The lowest BCUT2D eigenvalue weighted by atomic mass is 10.1. The zero-order valence-electron chi connectivity index (χ0n) is 4.83. The molecule has 10 heavy (non-hydrogen) atoms. The summed E-state index contributed by atoms with van der Waals surface area (Å²) < 4.78 is 57.0. The Kier molecular flexibility index (Phi) is 3.01. The molecule has 0 aromatic carbocycles. The van der Waals surface area contributed by atoms with E-state index in [0.29, 0.717) is 0 Å². The van der Waals surface area contributed by atoms with Crippen LogP contribution in [0.4, 0.5) is 22.0 Å². The zero-order valence-corrected chi connectivity index (χ0v) is 4.83. The van der Waals surface area contributed by atoms with Crippen molar-refractivity contribution in [1.82, 2.24) is 0 Å². The van der Waals surface area contributed by atoms with Crippen LogP contribution in [0.3, 0.4) is 0 Å². The van der Waals surface area contributed by atoms with Crippen LogP contribution in [0.1, 0.15) is 0 Å². The summed E-state index contributed by atoms with van der Waals surface area (Å²) in [6, 6.07) is 0. The molecular formula is C4H6F5N. The van der Waals surface area contributed by atoms with Crippen molar-refractivity contribution < 1.29 is 22.0 Å². The Morgan fingerprint density at radius 3 is 1.60 bits per heavy atom. The van der Waals surface area contributed by atoms with Gasteiger partial charge < -0.3 is 5.73 Å². The molecule has 0 heterocycles. The van der Waals surface area contributed by atoms with Crippen molar-refractivity contribution in [3.8, 4) is 0 Å². The second-order valence-electron chi connectivity index (χ2n) is 1.72. The zero-order chi connectivity index (χ0) is 8.36. The minimum Gasteiger partial charge on any atom is -0.330 e. The predicted octanol–water partition coefficient (Wildman–Crippen LogP) is 1.39. The van der Waals surface area contributed by atoms with Crippen LogP contribution in [0.2, 0.25) is 0 Å². The Balaban J connectivity index is 4.07. The van der Waals surface area contributed by atoms with Gasteiger partial charge >= 0.3 is 6.18 Å². The molecule has 0 saturated carbocycles. The molecule has 0 bridgehead atoms. The molecule has 1 atom stereocenters. The maximum absolute atomic E-state index is 11.4. The molecule has 62 valence electrons. The van der Waals surface area contributed by atoms with Crippen molar-refractivity contribution in [2.24, 2.45) is 11.7 Å². The van der Waals surface area contributed by atoms with Gasteiger partial charge in [0.15, 0.2) is 0 Å². The van der Waals surface area contributed by atoms with E-state index in [1.54, 1.807) is 0 Å². The van der Waals surface area contributed by atoms with Crippen LogP contribution in [0.5, 0.6) is 0 Å². The smallest absolute Gasteiger partial charge is 0.330 e. The summed E-state index contributed by atoms with van der Waals surface area (Å²) in [7, 11) is 0. The fourth-order valence-corrected chi connectivity index (χ4v) is 0.379. The van der Waals surface area contributed by atoms with E-state index in [2.05, 4.69) is 5.73 Å². The average Bonchev–Trinajstić information content (AvgIpc) is 1.60. The minimum absolute atomic E-state index is 1.07. The van der Waals surface area contributed by atoms with Gasteiger partial charge in [-0.05, 0) is 0 Å². The third-order valence-electron chi connectivity index (χ3n) is 0.979. The number of hydrogen-bond donors (Lipinski definition) is 1. The molecule has 6 heteroatoms. The standard InChI is InChI=1S/C4H6F5N/c5-3(6)2(1-10)4(7,8)9/h2-3H,1,10H2. The SMILES string of the molecule is NCC(C(F)F)C(F)(F)F. The lowest BCUT2D eigenvalue weighted by molar-refractivity contribution is -0.203. The first-order valence-electron chi connectivity index (χ1n) is 2.44. The first kappa shape index (κ1) is 9.61. The molecule has 0 aliphatic carbocycles. The van der Waals surface area contributed by atoms with E-state index in [-0.39, 0.29) is 0 Å². The lowest BCUT2D eigenvalue weighted by Gasteiger charge is -2.16. The number of halogens is 5. The van der Waals surface area contributed by atoms with E-state index in [0.717, 1.165) is 0 Å². The van der Waals surface area contributed by atoms with Crippen LogP contribution in [0.15, 0.2) is 0 Å². The van der Waals surface area contributed by atoms with Crippen molar-refractivity contribution in [3.63, 3.8) is 0 Å². The summed E-state index contributed by atoms with van der Waals surface area (Å²) in [5, 5.41) is 0. The normalized spacial score (nSPS) is 15.9. The van der Waals surface area contributed by atoms with Crippen molar-refractivity contribution in [2.45, 2.75) is 12.6 Å². The van der Waals surface area contributed by atoms with Crippen LogP contribution in [-0.4, -0.2) is 19.1 Å². The molecule has 0 amide bonds. The van der Waals surface area contributed by atoms with E-state index >= 15 is 0 Å². The molecule has 0 aromatic heterocycles. The van der Waals surface area contributed by atoms with E-state index in [9.17, 15) is 22.0 Å². The molecule has 0 fully saturated rings. The van der Waals surface area contributed by atoms with Gasteiger partial charge in [0, 0.05) is 6.54 Å². The second-order valence-corrected chi connectivity index (χ2v) is 1.72. The van der Waals surface area contributed by atoms with Crippen molar-refractivity contribution >= 4 is 0 Å². The van der Waals surface area contributed by atoms with Crippen LogP contribution >= 0.6 is 0 Å². The van der Waals surface area contributed by atoms with Gasteiger partial charge in [-0.15, -0.1) is 0 Å². The quantitative estimate of drug-likeness (QED) is 0.611. The summed E-state index contributed by atoms with van der Waals surface area (Å²) in [6.45, 7) is -1.07. The molecule has 2 N–H and O–H groups in total. The van der Waals surface area contributed by atoms with Gasteiger partial charge in [-0.3, -0.25) is 0 Å². The summed E-state index contributed by atoms with van der Waals surface area (Å²) in [6.07, 6.45) is -8.31. The topological polar surface area (TPSA) is 26.0 Å². The summed E-state index contributed by atoms with van der Waals surface area (Å²) in [5.74, 6) is -2.69. The number of nitrogens with two attached hydrogens (primary N) is 1. The van der Waals surface area contributed by atoms with Gasteiger partial charge in [-0.2, -0.15) is 13.2 Å².